The van der Waals surface area contributed by atoms with Gasteiger partial charge in [-0.1, -0.05) is 32.8 Å². The molecule has 3 heteroatoms. The van der Waals surface area contributed by atoms with Crippen LogP contribution in [0.15, 0.2) is 17.5 Å². The molecule has 2 nitrogen and oxygen atoms in total. The topological polar surface area (TPSA) is 32.3 Å². The molecule has 1 heterocycles. The van der Waals surface area contributed by atoms with Crippen molar-refractivity contribution in [1.82, 2.24) is 5.32 Å². The minimum Gasteiger partial charge on any atom is -0.396 e. The Morgan fingerprint density at radius 1 is 1.44 bits per heavy atom. The van der Waals surface area contributed by atoms with E-state index in [2.05, 4.69) is 36.7 Å². The first-order valence-corrected chi connectivity index (χ1v) is 7.88. The minimum absolute atomic E-state index is 0.0336. The molecule has 2 N–H and O–H groups in total. The summed E-state index contributed by atoms with van der Waals surface area (Å²) in [4.78, 5) is 1.45. The van der Waals surface area contributed by atoms with Gasteiger partial charge in [-0.2, -0.15) is 0 Å². The lowest BCUT2D eigenvalue weighted by molar-refractivity contribution is 0.149. The van der Waals surface area contributed by atoms with Gasteiger partial charge in [-0.05, 0) is 30.2 Å². The number of nitrogens with one attached hydrogen (secondary N) is 1. The zero-order valence-corrected chi connectivity index (χ0v) is 12.3. The third-order valence-electron chi connectivity index (χ3n) is 3.95. The van der Waals surface area contributed by atoms with E-state index in [1.807, 2.05) is 11.3 Å². The summed E-state index contributed by atoms with van der Waals surface area (Å²) in [6.45, 7) is 5.34. The van der Waals surface area contributed by atoms with Gasteiger partial charge in [-0.3, -0.25) is 0 Å². The highest BCUT2D eigenvalue weighted by atomic mass is 32.1. The maximum Gasteiger partial charge on any atom is 0.0494 e. The zero-order valence-electron chi connectivity index (χ0n) is 11.5. The van der Waals surface area contributed by atoms with Gasteiger partial charge in [0.1, 0.15) is 0 Å². The second-order valence-electron chi connectivity index (χ2n) is 6.24. The highest BCUT2D eigenvalue weighted by Crippen LogP contribution is 2.37. The average molecular weight is 267 g/mol. The maximum atomic E-state index is 9.37. The zero-order chi connectivity index (χ0) is 13.0. The van der Waals surface area contributed by atoms with Gasteiger partial charge in [-0.25, -0.2) is 0 Å². The first kappa shape index (κ1) is 14.0. The Kier molecular flexibility index (Phi) is 4.82. The van der Waals surface area contributed by atoms with Crippen molar-refractivity contribution in [3.8, 4) is 0 Å². The highest BCUT2D eigenvalue weighted by Gasteiger charge is 2.28. The van der Waals surface area contributed by atoms with Crippen molar-refractivity contribution in [3.63, 3.8) is 0 Å². The molecule has 0 saturated heterocycles. The molecule has 1 aliphatic rings. The standard InChI is InChI=1S/C15H25NOS/c1-15(2,11-17)10-16-14(12-6-3-4-7-12)13-8-5-9-18-13/h5,8-9,12,14,16-17H,3-4,6-7,10-11H2,1-2H3. The molecule has 1 aromatic heterocycles. The van der Waals surface area contributed by atoms with Gasteiger partial charge in [-0.15, -0.1) is 11.3 Å². The summed E-state index contributed by atoms with van der Waals surface area (Å²) in [7, 11) is 0. The van der Waals surface area contributed by atoms with Gasteiger partial charge < -0.3 is 10.4 Å². The Bertz CT molecular complexity index is 341. The van der Waals surface area contributed by atoms with Crippen LogP contribution in [-0.2, 0) is 0 Å². The Balaban J connectivity index is 2.01. The molecule has 18 heavy (non-hydrogen) atoms. The van der Waals surface area contributed by atoms with Crippen molar-refractivity contribution in [2.24, 2.45) is 11.3 Å². The number of hydrogen-bond donors (Lipinski definition) is 2. The van der Waals surface area contributed by atoms with Crippen molar-refractivity contribution < 1.29 is 5.11 Å². The van der Waals surface area contributed by atoms with E-state index in [4.69, 9.17) is 0 Å². The molecule has 1 atom stereocenters. The van der Waals surface area contributed by atoms with E-state index in [-0.39, 0.29) is 12.0 Å². The molecule has 102 valence electrons. The van der Waals surface area contributed by atoms with E-state index in [0.717, 1.165) is 12.5 Å². The maximum absolute atomic E-state index is 9.37. The monoisotopic (exact) mass is 267 g/mol. The lowest BCUT2D eigenvalue weighted by Crippen LogP contribution is -2.36. The van der Waals surface area contributed by atoms with Gasteiger partial charge >= 0.3 is 0 Å². The summed E-state index contributed by atoms with van der Waals surface area (Å²) in [6.07, 6.45) is 5.43. The SMILES string of the molecule is CC(C)(CO)CNC(c1cccs1)C1CCCC1. The van der Waals surface area contributed by atoms with Crippen LogP contribution in [0.1, 0.15) is 50.4 Å². The fraction of sp³-hybridized carbons (Fsp3) is 0.733. The van der Waals surface area contributed by atoms with Crippen molar-refractivity contribution in [3.05, 3.63) is 22.4 Å². The Morgan fingerprint density at radius 2 is 2.17 bits per heavy atom. The van der Waals surface area contributed by atoms with E-state index in [9.17, 15) is 5.11 Å². The van der Waals surface area contributed by atoms with E-state index in [0.29, 0.717) is 6.04 Å². The fourth-order valence-corrected chi connectivity index (χ4v) is 3.59. The van der Waals surface area contributed by atoms with Crippen LogP contribution in [0, 0.1) is 11.3 Å². The lowest BCUT2D eigenvalue weighted by Gasteiger charge is -2.29. The molecule has 0 amide bonds. The number of aliphatic hydroxyl groups is 1. The van der Waals surface area contributed by atoms with Crippen molar-refractivity contribution in [2.45, 2.75) is 45.6 Å². The second kappa shape index (κ2) is 6.18. The Labute approximate surface area is 114 Å². The smallest absolute Gasteiger partial charge is 0.0494 e. The molecule has 0 aromatic carbocycles. The number of hydrogen-bond acceptors (Lipinski definition) is 3. The van der Waals surface area contributed by atoms with Gasteiger partial charge in [0.15, 0.2) is 0 Å². The predicted octanol–water partition coefficient (Wildman–Crippen LogP) is 3.59. The van der Waals surface area contributed by atoms with Crippen molar-refractivity contribution >= 4 is 11.3 Å². The average Bonchev–Trinajstić information content (AvgIpc) is 3.01. The molecular formula is C15H25NOS. The van der Waals surface area contributed by atoms with E-state index >= 15 is 0 Å². The summed E-state index contributed by atoms with van der Waals surface area (Å²) >= 11 is 1.85. The highest BCUT2D eigenvalue weighted by molar-refractivity contribution is 7.10. The van der Waals surface area contributed by atoms with Gasteiger partial charge in [0.2, 0.25) is 0 Å². The van der Waals surface area contributed by atoms with Crippen LogP contribution < -0.4 is 5.32 Å². The van der Waals surface area contributed by atoms with Crippen LogP contribution in [0.3, 0.4) is 0 Å². The van der Waals surface area contributed by atoms with E-state index in [1.165, 1.54) is 30.6 Å². The number of aliphatic hydroxyl groups excluding tert-OH is 1. The van der Waals surface area contributed by atoms with E-state index in [1.54, 1.807) is 0 Å². The molecule has 0 bridgehead atoms. The molecule has 0 spiro atoms. The first-order chi connectivity index (χ1) is 8.62. The third-order valence-corrected chi connectivity index (χ3v) is 4.90. The van der Waals surface area contributed by atoms with Gasteiger partial charge in [0.05, 0.1) is 0 Å². The predicted molar refractivity (Wildman–Crippen MR) is 77.9 cm³/mol. The van der Waals surface area contributed by atoms with Gasteiger partial charge in [0, 0.05) is 29.5 Å². The van der Waals surface area contributed by atoms with Crippen molar-refractivity contribution in [2.75, 3.05) is 13.2 Å². The summed E-state index contributed by atoms with van der Waals surface area (Å²) in [6, 6.07) is 4.87. The van der Waals surface area contributed by atoms with E-state index < -0.39 is 0 Å². The quantitative estimate of drug-likeness (QED) is 0.825. The fourth-order valence-electron chi connectivity index (χ4n) is 2.70. The lowest BCUT2D eigenvalue weighted by atomic mass is 9.91. The third kappa shape index (κ3) is 3.56. The molecule has 1 aliphatic carbocycles. The van der Waals surface area contributed by atoms with Crippen LogP contribution in [-0.4, -0.2) is 18.3 Å². The molecular weight excluding hydrogens is 242 g/mol. The first-order valence-electron chi connectivity index (χ1n) is 7.00. The summed E-state index contributed by atoms with van der Waals surface area (Å²) < 4.78 is 0. The minimum atomic E-state index is -0.0336. The van der Waals surface area contributed by atoms with Crippen LogP contribution in [0.2, 0.25) is 0 Å². The summed E-state index contributed by atoms with van der Waals surface area (Å²) in [5, 5.41) is 15.2. The van der Waals surface area contributed by atoms with Crippen LogP contribution in [0.5, 0.6) is 0 Å². The molecule has 1 aromatic rings. The molecule has 1 saturated carbocycles. The Hall–Kier alpha value is -0.380. The van der Waals surface area contributed by atoms with Crippen LogP contribution in [0.25, 0.3) is 0 Å². The number of thiophene rings is 1. The largest absolute Gasteiger partial charge is 0.396 e. The van der Waals surface area contributed by atoms with Crippen LogP contribution in [0.4, 0.5) is 0 Å². The summed E-state index contributed by atoms with van der Waals surface area (Å²) in [5.74, 6) is 0.776. The molecule has 1 fully saturated rings. The molecule has 0 aliphatic heterocycles. The molecule has 2 rings (SSSR count). The van der Waals surface area contributed by atoms with Crippen molar-refractivity contribution in [1.29, 1.82) is 0 Å². The Morgan fingerprint density at radius 3 is 2.72 bits per heavy atom. The number of rotatable bonds is 6. The van der Waals surface area contributed by atoms with Gasteiger partial charge in [0.25, 0.3) is 0 Å². The second-order valence-corrected chi connectivity index (χ2v) is 7.22. The van der Waals surface area contributed by atoms with Crippen LogP contribution >= 0.6 is 11.3 Å². The molecule has 1 unspecified atom stereocenters. The normalized spacial score (nSPS) is 19.3. The molecule has 0 radical (unpaired) electrons. The summed E-state index contributed by atoms with van der Waals surface area (Å²) in [5.41, 5.74) is -0.0336.